The molecule has 0 saturated heterocycles. The molecule has 0 aliphatic rings. The molecule has 126 valence electrons. The van der Waals surface area contributed by atoms with Gasteiger partial charge in [-0.3, -0.25) is 0 Å². The summed E-state index contributed by atoms with van der Waals surface area (Å²) in [6, 6.07) is 28.8. The zero-order chi connectivity index (χ0) is 17.9. The van der Waals surface area contributed by atoms with Crippen LogP contribution in [0.4, 0.5) is 0 Å². The van der Waals surface area contributed by atoms with Crippen LogP contribution in [0.25, 0.3) is 33.6 Å². The minimum absolute atomic E-state index is 0.130. The maximum atomic E-state index is 9.87. The molecule has 4 aromatic rings. The lowest BCUT2D eigenvalue weighted by molar-refractivity contribution is 0.404. The molecule has 0 radical (unpaired) electrons. The Morgan fingerprint density at radius 3 is 1.50 bits per heavy atom. The molecule has 0 aliphatic heterocycles. The van der Waals surface area contributed by atoms with Crippen LogP contribution in [0.15, 0.2) is 91.0 Å². The van der Waals surface area contributed by atoms with Crippen LogP contribution < -0.4 is 0 Å². The molecule has 0 amide bonds. The number of pyridine rings is 1. The van der Waals surface area contributed by atoms with Crippen molar-refractivity contribution in [3.8, 4) is 45.1 Å². The second kappa shape index (κ2) is 6.73. The minimum Gasteiger partial charge on any atom is -0.504 e. The van der Waals surface area contributed by atoms with E-state index >= 15 is 0 Å². The molecular weight excluding hydrogens is 322 g/mol. The standard InChI is InChI=1S/C23H17NO2/c25-22-12-11-18(15-23(22)26)19-13-20(16-7-3-1-4-8-16)24-21(14-19)17-9-5-2-6-10-17/h1-15,25-26H. The van der Waals surface area contributed by atoms with Gasteiger partial charge >= 0.3 is 0 Å². The zero-order valence-corrected chi connectivity index (χ0v) is 14.0. The Labute approximate surface area is 151 Å². The van der Waals surface area contributed by atoms with E-state index in [0.29, 0.717) is 0 Å². The van der Waals surface area contributed by atoms with Crippen molar-refractivity contribution < 1.29 is 10.2 Å². The lowest BCUT2D eigenvalue weighted by atomic mass is 9.99. The summed E-state index contributed by atoms with van der Waals surface area (Å²) in [5, 5.41) is 19.5. The Kier molecular flexibility index (Phi) is 4.12. The van der Waals surface area contributed by atoms with E-state index in [9.17, 15) is 10.2 Å². The van der Waals surface area contributed by atoms with Gasteiger partial charge in [0, 0.05) is 11.1 Å². The monoisotopic (exact) mass is 339 g/mol. The number of nitrogens with zero attached hydrogens (tertiary/aromatic N) is 1. The first kappa shape index (κ1) is 15.9. The topological polar surface area (TPSA) is 53.4 Å². The number of phenolic OH excluding ortho intramolecular Hbond substituents is 2. The Bertz CT molecular complexity index is 987. The lowest BCUT2D eigenvalue weighted by Crippen LogP contribution is -1.91. The van der Waals surface area contributed by atoms with Gasteiger partial charge in [-0.25, -0.2) is 4.98 Å². The Balaban J connectivity index is 1.92. The SMILES string of the molecule is Oc1ccc(-c2cc(-c3ccccc3)nc(-c3ccccc3)c2)cc1O. The third-order valence-corrected chi connectivity index (χ3v) is 4.27. The predicted octanol–water partition coefficient (Wildman–Crippen LogP) is 5.49. The lowest BCUT2D eigenvalue weighted by Gasteiger charge is -2.11. The number of hydrogen-bond donors (Lipinski definition) is 2. The predicted molar refractivity (Wildman–Crippen MR) is 104 cm³/mol. The van der Waals surface area contributed by atoms with Gasteiger partial charge in [0.15, 0.2) is 11.5 Å². The first-order chi connectivity index (χ1) is 12.7. The van der Waals surface area contributed by atoms with Gasteiger partial charge < -0.3 is 10.2 Å². The van der Waals surface area contributed by atoms with Gasteiger partial charge in [0.2, 0.25) is 0 Å². The second-order valence-corrected chi connectivity index (χ2v) is 6.06. The van der Waals surface area contributed by atoms with Gasteiger partial charge in [0.25, 0.3) is 0 Å². The van der Waals surface area contributed by atoms with Crippen molar-refractivity contribution in [2.75, 3.05) is 0 Å². The van der Waals surface area contributed by atoms with Crippen LogP contribution in [0.2, 0.25) is 0 Å². The smallest absolute Gasteiger partial charge is 0.158 e. The van der Waals surface area contributed by atoms with Gasteiger partial charge in [-0.15, -0.1) is 0 Å². The molecule has 0 unspecified atom stereocenters. The van der Waals surface area contributed by atoms with Crippen LogP contribution in [0.1, 0.15) is 0 Å². The van der Waals surface area contributed by atoms with Crippen LogP contribution in [-0.4, -0.2) is 15.2 Å². The van der Waals surface area contributed by atoms with E-state index in [2.05, 4.69) is 0 Å². The summed E-state index contributed by atoms with van der Waals surface area (Å²) in [4.78, 5) is 4.83. The summed E-state index contributed by atoms with van der Waals surface area (Å²) in [5.74, 6) is -0.267. The molecule has 3 aromatic carbocycles. The summed E-state index contributed by atoms with van der Waals surface area (Å²) >= 11 is 0. The van der Waals surface area contributed by atoms with Gasteiger partial charge in [0.1, 0.15) is 0 Å². The number of rotatable bonds is 3. The van der Waals surface area contributed by atoms with E-state index in [1.807, 2.05) is 72.8 Å². The molecule has 3 nitrogen and oxygen atoms in total. The van der Waals surface area contributed by atoms with Crippen molar-refractivity contribution in [3.05, 3.63) is 91.0 Å². The molecule has 0 spiro atoms. The highest BCUT2D eigenvalue weighted by Crippen LogP contribution is 2.34. The fourth-order valence-electron chi connectivity index (χ4n) is 2.91. The molecule has 0 aliphatic carbocycles. The molecule has 26 heavy (non-hydrogen) atoms. The highest BCUT2D eigenvalue weighted by Gasteiger charge is 2.10. The molecule has 1 aromatic heterocycles. The van der Waals surface area contributed by atoms with Crippen LogP contribution in [-0.2, 0) is 0 Å². The van der Waals surface area contributed by atoms with E-state index in [1.165, 1.54) is 6.07 Å². The fraction of sp³-hybridized carbons (Fsp3) is 0. The molecule has 3 heteroatoms. The average molecular weight is 339 g/mol. The van der Waals surface area contributed by atoms with E-state index in [-0.39, 0.29) is 11.5 Å². The van der Waals surface area contributed by atoms with Gasteiger partial charge in [-0.05, 0) is 35.4 Å². The Hall–Kier alpha value is -3.59. The maximum absolute atomic E-state index is 9.87. The van der Waals surface area contributed by atoms with Crippen molar-refractivity contribution in [2.45, 2.75) is 0 Å². The number of hydrogen-bond acceptors (Lipinski definition) is 3. The largest absolute Gasteiger partial charge is 0.504 e. The number of benzene rings is 3. The molecule has 0 fully saturated rings. The molecule has 1 heterocycles. The summed E-state index contributed by atoms with van der Waals surface area (Å²) in [5.41, 5.74) is 5.50. The van der Waals surface area contributed by atoms with E-state index in [4.69, 9.17) is 4.98 Å². The summed E-state index contributed by atoms with van der Waals surface area (Å²) < 4.78 is 0. The van der Waals surface area contributed by atoms with Crippen molar-refractivity contribution >= 4 is 0 Å². The molecule has 4 rings (SSSR count). The second-order valence-electron chi connectivity index (χ2n) is 6.06. The van der Waals surface area contributed by atoms with Crippen molar-refractivity contribution in [1.29, 1.82) is 0 Å². The zero-order valence-electron chi connectivity index (χ0n) is 14.0. The normalized spacial score (nSPS) is 10.6. The van der Waals surface area contributed by atoms with Gasteiger partial charge in [0.05, 0.1) is 11.4 Å². The molecular formula is C23H17NO2. The van der Waals surface area contributed by atoms with Crippen LogP contribution >= 0.6 is 0 Å². The summed E-state index contributed by atoms with van der Waals surface area (Å²) in [6.45, 7) is 0. The summed E-state index contributed by atoms with van der Waals surface area (Å²) in [7, 11) is 0. The minimum atomic E-state index is -0.137. The highest BCUT2D eigenvalue weighted by molar-refractivity contribution is 5.77. The third kappa shape index (κ3) is 3.15. The van der Waals surface area contributed by atoms with Gasteiger partial charge in [-0.1, -0.05) is 66.7 Å². The molecule has 0 saturated carbocycles. The van der Waals surface area contributed by atoms with E-state index < -0.39 is 0 Å². The molecule has 0 bridgehead atoms. The quantitative estimate of drug-likeness (QED) is 0.485. The van der Waals surface area contributed by atoms with Crippen molar-refractivity contribution in [2.24, 2.45) is 0 Å². The van der Waals surface area contributed by atoms with Crippen LogP contribution in [0.5, 0.6) is 11.5 Å². The van der Waals surface area contributed by atoms with Gasteiger partial charge in [-0.2, -0.15) is 0 Å². The van der Waals surface area contributed by atoms with Crippen molar-refractivity contribution in [3.63, 3.8) is 0 Å². The molecule has 2 N–H and O–H groups in total. The first-order valence-corrected chi connectivity index (χ1v) is 8.36. The number of phenols is 2. The number of aromatic nitrogens is 1. The maximum Gasteiger partial charge on any atom is 0.158 e. The fourth-order valence-corrected chi connectivity index (χ4v) is 2.91. The first-order valence-electron chi connectivity index (χ1n) is 8.36. The summed E-state index contributed by atoms with van der Waals surface area (Å²) in [6.07, 6.45) is 0. The molecule has 0 atom stereocenters. The number of aromatic hydroxyl groups is 2. The Morgan fingerprint density at radius 1 is 0.462 bits per heavy atom. The van der Waals surface area contributed by atoms with Crippen LogP contribution in [0.3, 0.4) is 0 Å². The van der Waals surface area contributed by atoms with Crippen LogP contribution in [0, 0.1) is 0 Å². The van der Waals surface area contributed by atoms with E-state index in [1.54, 1.807) is 12.1 Å². The Morgan fingerprint density at radius 2 is 1.00 bits per heavy atom. The highest BCUT2D eigenvalue weighted by atomic mass is 16.3. The third-order valence-electron chi connectivity index (χ3n) is 4.27. The average Bonchev–Trinajstić information content (AvgIpc) is 2.71. The van der Waals surface area contributed by atoms with Crippen molar-refractivity contribution in [1.82, 2.24) is 4.98 Å². The van der Waals surface area contributed by atoms with E-state index in [0.717, 1.165) is 33.6 Å².